The summed E-state index contributed by atoms with van der Waals surface area (Å²) in [5.74, 6) is -0.837. The first-order valence-corrected chi connectivity index (χ1v) is 9.52. The lowest BCUT2D eigenvalue weighted by atomic mass is 9.98. The molecule has 0 saturated carbocycles. The quantitative estimate of drug-likeness (QED) is 0.292. The molecule has 0 aliphatic rings. The second kappa shape index (κ2) is 9.10. The van der Waals surface area contributed by atoms with Crippen LogP contribution >= 0.6 is 23.2 Å². The SMILES string of the molecule is O=C(CCC(F)c1ccc(-c2cncc(Cl)c2)cc1Cl)c1cccnc1C(F)(F)F. The van der Waals surface area contributed by atoms with Crippen molar-refractivity contribution in [3.8, 4) is 11.1 Å². The molecule has 0 fully saturated rings. The minimum absolute atomic E-state index is 0.129. The largest absolute Gasteiger partial charge is 0.434 e. The van der Waals surface area contributed by atoms with Gasteiger partial charge in [-0.2, -0.15) is 13.2 Å². The number of hydrogen-bond acceptors (Lipinski definition) is 3. The van der Waals surface area contributed by atoms with E-state index in [2.05, 4.69) is 9.97 Å². The number of pyridine rings is 2. The third kappa shape index (κ3) is 5.15. The molecule has 1 unspecified atom stereocenters. The van der Waals surface area contributed by atoms with Crippen LogP contribution in [-0.4, -0.2) is 15.8 Å². The van der Waals surface area contributed by atoms with E-state index in [4.69, 9.17) is 23.2 Å². The zero-order chi connectivity index (χ0) is 21.9. The van der Waals surface area contributed by atoms with Crippen molar-refractivity contribution in [3.05, 3.63) is 81.9 Å². The van der Waals surface area contributed by atoms with Gasteiger partial charge in [-0.3, -0.25) is 14.8 Å². The van der Waals surface area contributed by atoms with Crippen LogP contribution in [0.25, 0.3) is 11.1 Å². The Kier molecular flexibility index (Phi) is 6.73. The first kappa shape index (κ1) is 22.2. The van der Waals surface area contributed by atoms with E-state index in [0.717, 1.165) is 12.3 Å². The molecule has 2 aromatic heterocycles. The Bertz CT molecular complexity index is 1070. The number of hydrogen-bond donors (Lipinski definition) is 0. The Morgan fingerprint density at radius 3 is 2.50 bits per heavy atom. The maximum absolute atomic E-state index is 14.7. The summed E-state index contributed by atoms with van der Waals surface area (Å²) in [5.41, 5.74) is -0.342. The summed E-state index contributed by atoms with van der Waals surface area (Å²) in [6.45, 7) is 0. The highest BCUT2D eigenvalue weighted by Gasteiger charge is 2.36. The van der Waals surface area contributed by atoms with E-state index in [-0.39, 0.29) is 17.0 Å². The van der Waals surface area contributed by atoms with Gasteiger partial charge in [-0.05, 0) is 36.2 Å². The van der Waals surface area contributed by atoms with Crippen molar-refractivity contribution < 1.29 is 22.4 Å². The van der Waals surface area contributed by atoms with Gasteiger partial charge in [-0.25, -0.2) is 4.39 Å². The van der Waals surface area contributed by atoms with Crippen LogP contribution in [0, 0.1) is 0 Å². The van der Waals surface area contributed by atoms with Gasteiger partial charge >= 0.3 is 6.18 Å². The van der Waals surface area contributed by atoms with Gasteiger partial charge in [0.2, 0.25) is 0 Å². The van der Waals surface area contributed by atoms with Crippen LogP contribution in [-0.2, 0) is 6.18 Å². The number of rotatable bonds is 6. The van der Waals surface area contributed by atoms with E-state index >= 15 is 0 Å². The lowest BCUT2D eigenvalue weighted by Crippen LogP contribution is -2.15. The fourth-order valence-corrected chi connectivity index (χ4v) is 3.41. The number of carbonyl (C=O) groups is 1. The van der Waals surface area contributed by atoms with E-state index in [1.54, 1.807) is 24.4 Å². The molecule has 3 rings (SSSR count). The van der Waals surface area contributed by atoms with Crippen molar-refractivity contribution in [2.24, 2.45) is 0 Å². The van der Waals surface area contributed by atoms with Gasteiger partial charge in [0.15, 0.2) is 11.5 Å². The second-order valence-corrected chi connectivity index (χ2v) is 7.30. The van der Waals surface area contributed by atoms with Crippen LogP contribution in [0.1, 0.15) is 40.6 Å². The molecule has 0 spiro atoms. The van der Waals surface area contributed by atoms with Gasteiger partial charge in [0, 0.05) is 46.7 Å². The topological polar surface area (TPSA) is 42.9 Å². The molecule has 9 heteroatoms. The minimum Gasteiger partial charge on any atom is -0.294 e. The standard InChI is InChI=1S/C21H14Cl2F4N2O/c22-14-8-13(10-28-11-14)12-3-4-15(17(23)9-12)18(24)5-6-19(30)16-2-1-7-29-20(16)21(25,26)27/h1-4,7-11,18H,5-6H2. The molecule has 3 aromatic rings. The summed E-state index contributed by atoms with van der Waals surface area (Å²) in [6.07, 6.45) is -3.13. The summed E-state index contributed by atoms with van der Waals surface area (Å²) in [6, 6.07) is 8.59. The van der Waals surface area contributed by atoms with Gasteiger partial charge in [0.1, 0.15) is 6.17 Å². The third-order valence-electron chi connectivity index (χ3n) is 4.38. The zero-order valence-corrected chi connectivity index (χ0v) is 16.8. The van der Waals surface area contributed by atoms with Gasteiger partial charge in [0.05, 0.1) is 5.02 Å². The molecule has 30 heavy (non-hydrogen) atoms. The van der Waals surface area contributed by atoms with E-state index in [1.807, 2.05) is 0 Å². The number of nitrogens with zero attached hydrogens (tertiary/aromatic N) is 2. The lowest BCUT2D eigenvalue weighted by molar-refractivity contribution is -0.141. The maximum Gasteiger partial charge on any atom is 0.434 e. The van der Waals surface area contributed by atoms with Gasteiger partial charge in [0.25, 0.3) is 0 Å². The van der Waals surface area contributed by atoms with Crippen LogP contribution in [0.5, 0.6) is 0 Å². The van der Waals surface area contributed by atoms with Crippen LogP contribution < -0.4 is 0 Å². The summed E-state index contributed by atoms with van der Waals surface area (Å²) in [5, 5.41) is 0.563. The van der Waals surface area contributed by atoms with Crippen molar-refractivity contribution in [1.82, 2.24) is 9.97 Å². The average molecular weight is 457 g/mol. The van der Waals surface area contributed by atoms with Crippen molar-refractivity contribution >= 4 is 29.0 Å². The van der Waals surface area contributed by atoms with E-state index in [1.165, 1.54) is 18.3 Å². The molecule has 2 heterocycles. The summed E-state index contributed by atoms with van der Waals surface area (Å²) >= 11 is 12.1. The molecule has 156 valence electrons. The first-order valence-electron chi connectivity index (χ1n) is 8.76. The maximum atomic E-state index is 14.7. The molecule has 0 amide bonds. The summed E-state index contributed by atoms with van der Waals surface area (Å²) in [4.78, 5) is 19.5. The molecule has 0 saturated heterocycles. The summed E-state index contributed by atoms with van der Waals surface area (Å²) < 4.78 is 53.7. The number of ketones is 1. The molecule has 1 atom stereocenters. The Balaban J connectivity index is 1.73. The predicted octanol–water partition coefficient (Wildman–Crippen LogP) is 7.14. The van der Waals surface area contributed by atoms with Gasteiger partial charge < -0.3 is 0 Å². The molecule has 0 bridgehead atoms. The van der Waals surface area contributed by atoms with Crippen molar-refractivity contribution in [3.63, 3.8) is 0 Å². The van der Waals surface area contributed by atoms with E-state index in [0.29, 0.717) is 16.1 Å². The number of alkyl halides is 4. The highest BCUT2D eigenvalue weighted by atomic mass is 35.5. The fraction of sp³-hybridized carbons (Fsp3) is 0.190. The van der Waals surface area contributed by atoms with Crippen LogP contribution in [0.2, 0.25) is 10.0 Å². The molecular weight excluding hydrogens is 443 g/mol. The smallest absolute Gasteiger partial charge is 0.294 e. The summed E-state index contributed by atoms with van der Waals surface area (Å²) in [7, 11) is 0. The number of aromatic nitrogens is 2. The number of Topliss-reactive ketones (excluding diaryl/α,β-unsaturated/α-hetero) is 1. The normalized spacial score (nSPS) is 12.6. The van der Waals surface area contributed by atoms with Crippen molar-refractivity contribution in [2.75, 3.05) is 0 Å². The van der Waals surface area contributed by atoms with Gasteiger partial charge in [-0.15, -0.1) is 0 Å². The molecule has 0 aliphatic heterocycles. The predicted molar refractivity (Wildman–Crippen MR) is 106 cm³/mol. The highest BCUT2D eigenvalue weighted by molar-refractivity contribution is 6.32. The molecule has 0 aliphatic carbocycles. The minimum atomic E-state index is -4.77. The van der Waals surface area contributed by atoms with Crippen molar-refractivity contribution in [2.45, 2.75) is 25.2 Å². The fourth-order valence-electron chi connectivity index (χ4n) is 2.93. The number of carbonyl (C=O) groups excluding carboxylic acids is 1. The number of halogens is 6. The second-order valence-electron chi connectivity index (χ2n) is 6.45. The highest BCUT2D eigenvalue weighted by Crippen LogP contribution is 2.35. The Morgan fingerprint density at radius 1 is 1.07 bits per heavy atom. The third-order valence-corrected chi connectivity index (χ3v) is 4.91. The average Bonchev–Trinajstić information content (AvgIpc) is 2.71. The monoisotopic (exact) mass is 456 g/mol. The lowest BCUT2D eigenvalue weighted by Gasteiger charge is -2.13. The zero-order valence-electron chi connectivity index (χ0n) is 15.3. The van der Waals surface area contributed by atoms with Gasteiger partial charge in [-0.1, -0.05) is 35.3 Å². The van der Waals surface area contributed by atoms with E-state index in [9.17, 15) is 22.4 Å². The van der Waals surface area contributed by atoms with Crippen LogP contribution in [0.4, 0.5) is 17.6 Å². The van der Waals surface area contributed by atoms with Crippen LogP contribution in [0.3, 0.4) is 0 Å². The van der Waals surface area contributed by atoms with Crippen LogP contribution in [0.15, 0.2) is 55.0 Å². The molecule has 1 aromatic carbocycles. The Morgan fingerprint density at radius 2 is 1.83 bits per heavy atom. The van der Waals surface area contributed by atoms with E-state index < -0.39 is 35.8 Å². The molecule has 0 N–H and O–H groups in total. The molecule has 3 nitrogen and oxygen atoms in total. The Labute approximate surface area is 179 Å². The molecule has 0 radical (unpaired) electrons. The first-order chi connectivity index (χ1) is 14.2. The van der Waals surface area contributed by atoms with Crippen molar-refractivity contribution in [1.29, 1.82) is 0 Å². The Hall–Kier alpha value is -2.51. The number of benzene rings is 1. The molecular formula is C21H14Cl2F4N2O.